The van der Waals surface area contributed by atoms with Crippen LogP contribution in [0.3, 0.4) is 0 Å². The van der Waals surface area contributed by atoms with E-state index in [0.29, 0.717) is 24.4 Å². The number of furan rings is 1. The third kappa shape index (κ3) is 4.63. The lowest BCUT2D eigenvalue weighted by molar-refractivity contribution is 0.0599. The number of carbonyl (C=O) groups is 2. The normalized spacial score (nSPS) is 10.5. The van der Waals surface area contributed by atoms with Gasteiger partial charge in [-0.05, 0) is 42.0 Å². The van der Waals surface area contributed by atoms with Crippen LogP contribution in [0, 0.1) is 0 Å². The van der Waals surface area contributed by atoms with Gasteiger partial charge in [-0.3, -0.25) is 4.98 Å². The third-order valence-electron chi connectivity index (χ3n) is 4.07. The van der Waals surface area contributed by atoms with Gasteiger partial charge in [0.15, 0.2) is 0 Å². The van der Waals surface area contributed by atoms with Crippen LogP contribution >= 0.6 is 0 Å². The Kier molecular flexibility index (Phi) is 6.18. The standard InChI is InChI=1S/C21H20N2O5/c1-26-20(24)16-8-15(9-17(10-16)21(25)27-2)19-6-5-18(28-19)13-23-12-14-4-3-7-22-11-14/h3-11,23H,12-13H2,1-2H3. The van der Waals surface area contributed by atoms with E-state index in [9.17, 15) is 9.59 Å². The molecule has 0 unspecified atom stereocenters. The van der Waals surface area contributed by atoms with Crippen molar-refractivity contribution < 1.29 is 23.5 Å². The largest absolute Gasteiger partial charge is 0.465 e. The van der Waals surface area contributed by atoms with E-state index in [1.807, 2.05) is 18.2 Å². The summed E-state index contributed by atoms with van der Waals surface area (Å²) < 4.78 is 15.4. The highest BCUT2D eigenvalue weighted by molar-refractivity contribution is 5.97. The number of hydrogen-bond donors (Lipinski definition) is 1. The number of aromatic nitrogens is 1. The number of ether oxygens (including phenoxy) is 2. The molecule has 0 aliphatic rings. The molecule has 7 heteroatoms. The lowest BCUT2D eigenvalue weighted by atomic mass is 10.0. The zero-order valence-corrected chi connectivity index (χ0v) is 15.6. The highest BCUT2D eigenvalue weighted by atomic mass is 16.5. The summed E-state index contributed by atoms with van der Waals surface area (Å²) in [6, 6.07) is 12.2. The van der Waals surface area contributed by atoms with Crippen LogP contribution in [0.2, 0.25) is 0 Å². The smallest absolute Gasteiger partial charge is 0.337 e. The summed E-state index contributed by atoms with van der Waals surface area (Å²) in [7, 11) is 2.57. The molecule has 0 spiro atoms. The molecule has 2 aromatic heterocycles. The topological polar surface area (TPSA) is 90.7 Å². The Hall–Kier alpha value is -3.45. The van der Waals surface area contributed by atoms with E-state index in [1.54, 1.807) is 30.6 Å². The van der Waals surface area contributed by atoms with Gasteiger partial charge in [0.25, 0.3) is 0 Å². The van der Waals surface area contributed by atoms with Crippen LogP contribution in [0.25, 0.3) is 11.3 Å². The molecule has 3 rings (SSSR count). The minimum Gasteiger partial charge on any atom is -0.465 e. The van der Waals surface area contributed by atoms with Crippen LogP contribution in [0.15, 0.2) is 59.3 Å². The number of esters is 2. The second-order valence-corrected chi connectivity index (χ2v) is 6.01. The van der Waals surface area contributed by atoms with Crippen LogP contribution < -0.4 is 5.32 Å². The molecule has 0 amide bonds. The molecule has 0 aliphatic heterocycles. The van der Waals surface area contributed by atoms with Crippen molar-refractivity contribution in [1.29, 1.82) is 0 Å². The van der Waals surface area contributed by atoms with Gasteiger partial charge in [-0.15, -0.1) is 0 Å². The number of carbonyl (C=O) groups excluding carboxylic acids is 2. The van der Waals surface area contributed by atoms with Crippen molar-refractivity contribution in [3.63, 3.8) is 0 Å². The molecule has 1 aromatic carbocycles. The summed E-state index contributed by atoms with van der Waals surface area (Å²) in [6.45, 7) is 1.18. The quantitative estimate of drug-likeness (QED) is 0.629. The second-order valence-electron chi connectivity index (χ2n) is 6.01. The summed E-state index contributed by atoms with van der Waals surface area (Å²) in [5.41, 5.74) is 2.14. The summed E-state index contributed by atoms with van der Waals surface area (Å²) in [5, 5.41) is 3.28. The fourth-order valence-electron chi connectivity index (χ4n) is 2.70. The van der Waals surface area contributed by atoms with E-state index >= 15 is 0 Å². The number of benzene rings is 1. The van der Waals surface area contributed by atoms with Gasteiger partial charge in [0.05, 0.1) is 31.9 Å². The third-order valence-corrected chi connectivity index (χ3v) is 4.07. The van der Waals surface area contributed by atoms with Gasteiger partial charge in [-0.2, -0.15) is 0 Å². The van der Waals surface area contributed by atoms with E-state index < -0.39 is 11.9 Å². The number of rotatable bonds is 7. The van der Waals surface area contributed by atoms with Gasteiger partial charge in [0.1, 0.15) is 11.5 Å². The zero-order chi connectivity index (χ0) is 19.9. The Morgan fingerprint density at radius 1 is 1.00 bits per heavy atom. The molecule has 0 radical (unpaired) electrons. The molecule has 0 saturated heterocycles. The molecule has 3 aromatic rings. The Morgan fingerprint density at radius 3 is 2.32 bits per heavy atom. The minimum absolute atomic E-state index is 0.244. The van der Waals surface area contributed by atoms with E-state index in [4.69, 9.17) is 13.9 Å². The van der Waals surface area contributed by atoms with Crippen LogP contribution in [0.5, 0.6) is 0 Å². The average molecular weight is 380 g/mol. The Morgan fingerprint density at radius 2 is 1.71 bits per heavy atom. The maximum atomic E-state index is 11.9. The van der Waals surface area contributed by atoms with Crippen LogP contribution in [-0.2, 0) is 22.6 Å². The molecule has 7 nitrogen and oxygen atoms in total. The molecule has 28 heavy (non-hydrogen) atoms. The molecule has 0 atom stereocenters. The fraction of sp³-hybridized carbons (Fsp3) is 0.190. The summed E-state index contributed by atoms with van der Waals surface area (Å²) in [5.74, 6) is 0.171. The molecule has 2 heterocycles. The highest BCUT2D eigenvalue weighted by Gasteiger charge is 2.16. The van der Waals surface area contributed by atoms with E-state index in [2.05, 4.69) is 10.3 Å². The minimum atomic E-state index is -0.545. The predicted molar refractivity (Wildman–Crippen MR) is 102 cm³/mol. The Bertz CT molecular complexity index is 932. The molecule has 0 saturated carbocycles. The Balaban J connectivity index is 1.77. The lowest BCUT2D eigenvalue weighted by Gasteiger charge is -2.07. The first-order chi connectivity index (χ1) is 13.6. The predicted octanol–water partition coefficient (Wildman–Crippen LogP) is 3.20. The Labute approximate surface area is 162 Å². The monoisotopic (exact) mass is 380 g/mol. The number of methoxy groups -OCH3 is 2. The average Bonchev–Trinajstić information content (AvgIpc) is 3.22. The summed E-state index contributed by atoms with van der Waals surface area (Å²) >= 11 is 0. The van der Waals surface area contributed by atoms with E-state index in [-0.39, 0.29) is 11.1 Å². The SMILES string of the molecule is COC(=O)c1cc(C(=O)OC)cc(-c2ccc(CNCc3cccnc3)o2)c1. The fourth-order valence-corrected chi connectivity index (χ4v) is 2.70. The van der Waals surface area contributed by atoms with Gasteiger partial charge in [0.2, 0.25) is 0 Å². The van der Waals surface area contributed by atoms with Gasteiger partial charge < -0.3 is 19.2 Å². The number of pyridine rings is 1. The van der Waals surface area contributed by atoms with Crippen molar-refractivity contribution in [3.05, 3.63) is 77.3 Å². The van der Waals surface area contributed by atoms with Crippen molar-refractivity contribution in [3.8, 4) is 11.3 Å². The van der Waals surface area contributed by atoms with Gasteiger partial charge >= 0.3 is 11.9 Å². The summed E-state index contributed by atoms with van der Waals surface area (Å²) in [4.78, 5) is 27.9. The number of nitrogens with zero attached hydrogens (tertiary/aromatic N) is 1. The maximum absolute atomic E-state index is 11.9. The molecule has 144 valence electrons. The zero-order valence-electron chi connectivity index (χ0n) is 15.6. The first-order valence-corrected chi connectivity index (χ1v) is 8.61. The van der Waals surface area contributed by atoms with Crippen molar-refractivity contribution in [2.24, 2.45) is 0 Å². The van der Waals surface area contributed by atoms with Crippen LogP contribution in [-0.4, -0.2) is 31.1 Å². The summed E-state index contributed by atoms with van der Waals surface area (Å²) in [6.07, 6.45) is 3.53. The van der Waals surface area contributed by atoms with Gasteiger partial charge in [-0.25, -0.2) is 9.59 Å². The molecule has 1 N–H and O–H groups in total. The van der Waals surface area contributed by atoms with E-state index in [1.165, 1.54) is 20.3 Å². The van der Waals surface area contributed by atoms with Crippen molar-refractivity contribution in [2.45, 2.75) is 13.1 Å². The van der Waals surface area contributed by atoms with Crippen molar-refractivity contribution in [1.82, 2.24) is 10.3 Å². The number of hydrogen-bond acceptors (Lipinski definition) is 7. The van der Waals surface area contributed by atoms with Gasteiger partial charge in [0, 0.05) is 24.5 Å². The molecular weight excluding hydrogens is 360 g/mol. The lowest BCUT2D eigenvalue weighted by Crippen LogP contribution is -2.12. The van der Waals surface area contributed by atoms with Gasteiger partial charge in [-0.1, -0.05) is 6.07 Å². The van der Waals surface area contributed by atoms with Crippen molar-refractivity contribution >= 4 is 11.9 Å². The number of nitrogens with one attached hydrogen (secondary N) is 1. The van der Waals surface area contributed by atoms with E-state index in [0.717, 1.165) is 11.3 Å². The maximum Gasteiger partial charge on any atom is 0.337 e. The van der Waals surface area contributed by atoms with Crippen LogP contribution in [0.4, 0.5) is 0 Å². The molecule has 0 aliphatic carbocycles. The van der Waals surface area contributed by atoms with Crippen molar-refractivity contribution in [2.75, 3.05) is 14.2 Å². The molecule has 0 fully saturated rings. The first kappa shape index (κ1) is 19.3. The highest BCUT2D eigenvalue weighted by Crippen LogP contribution is 2.25. The molecular formula is C21H20N2O5. The second kappa shape index (κ2) is 8.96. The van der Waals surface area contributed by atoms with Crippen LogP contribution in [0.1, 0.15) is 32.0 Å². The first-order valence-electron chi connectivity index (χ1n) is 8.61. The molecule has 0 bridgehead atoms.